The second-order valence-corrected chi connectivity index (χ2v) is 6.28. The Labute approximate surface area is 180 Å². The number of nitrogens with one attached hydrogen (secondary N) is 2. The third-order valence-electron chi connectivity index (χ3n) is 4.08. The molecule has 0 bridgehead atoms. The first kappa shape index (κ1) is 23.1. The van der Waals surface area contributed by atoms with Crippen molar-refractivity contribution in [1.82, 2.24) is 10.6 Å². The van der Waals surface area contributed by atoms with Crippen LogP contribution in [0.25, 0.3) is 0 Å². The van der Waals surface area contributed by atoms with Crippen LogP contribution in [0.2, 0.25) is 0 Å². The summed E-state index contributed by atoms with van der Waals surface area (Å²) in [5, 5.41) is 6.70. The number of anilines is 1. The maximum atomic E-state index is 5.19. The summed E-state index contributed by atoms with van der Waals surface area (Å²) in [6.07, 6.45) is 0.959. The lowest BCUT2D eigenvalue weighted by atomic mass is 10.1. The van der Waals surface area contributed by atoms with Gasteiger partial charge in [-0.15, -0.1) is 24.0 Å². The van der Waals surface area contributed by atoms with Crippen LogP contribution < -0.4 is 20.3 Å². The molecule has 6 heteroatoms. The number of ether oxygens (including phenoxy) is 1. The van der Waals surface area contributed by atoms with Crippen LogP contribution in [0.3, 0.4) is 0 Å². The molecule has 0 atom stereocenters. The molecule has 0 fully saturated rings. The Balaban J connectivity index is 0.00000364. The van der Waals surface area contributed by atoms with Crippen molar-refractivity contribution in [2.45, 2.75) is 19.9 Å². The highest BCUT2D eigenvalue weighted by Crippen LogP contribution is 2.13. The predicted octanol–water partition coefficient (Wildman–Crippen LogP) is 3.68. The number of methoxy groups -OCH3 is 1. The number of hydrogen-bond donors (Lipinski definition) is 2. The zero-order chi connectivity index (χ0) is 18.8. The minimum Gasteiger partial charge on any atom is -0.497 e. The third kappa shape index (κ3) is 8.07. The number of hydrogen-bond acceptors (Lipinski definition) is 3. The quantitative estimate of drug-likeness (QED) is 0.343. The number of benzene rings is 2. The average molecular weight is 482 g/mol. The largest absolute Gasteiger partial charge is 0.497 e. The van der Waals surface area contributed by atoms with E-state index in [4.69, 9.17) is 4.74 Å². The lowest BCUT2D eigenvalue weighted by molar-refractivity contribution is 0.414. The fourth-order valence-electron chi connectivity index (χ4n) is 2.53. The van der Waals surface area contributed by atoms with Crippen molar-refractivity contribution < 1.29 is 4.74 Å². The smallest absolute Gasteiger partial charge is 0.191 e. The molecule has 2 aromatic rings. The van der Waals surface area contributed by atoms with Crippen LogP contribution in [0.5, 0.6) is 5.75 Å². The van der Waals surface area contributed by atoms with E-state index in [0.29, 0.717) is 6.54 Å². The maximum Gasteiger partial charge on any atom is 0.191 e. The third-order valence-corrected chi connectivity index (χ3v) is 4.08. The first-order valence-electron chi connectivity index (χ1n) is 9.03. The SMILES string of the molecule is CCNC(=NCc1ccc(OC)cc1)NCCc1ccc(N(C)C)cc1.I. The van der Waals surface area contributed by atoms with E-state index in [-0.39, 0.29) is 24.0 Å². The molecule has 0 saturated heterocycles. The summed E-state index contributed by atoms with van der Waals surface area (Å²) in [5.41, 5.74) is 3.69. The minimum absolute atomic E-state index is 0. The van der Waals surface area contributed by atoms with Gasteiger partial charge in [0.05, 0.1) is 13.7 Å². The molecule has 2 rings (SSSR count). The lowest BCUT2D eigenvalue weighted by Crippen LogP contribution is -2.38. The van der Waals surface area contributed by atoms with E-state index in [9.17, 15) is 0 Å². The molecule has 0 aromatic heterocycles. The van der Waals surface area contributed by atoms with Crippen LogP contribution >= 0.6 is 24.0 Å². The molecule has 0 heterocycles. The number of rotatable bonds is 8. The van der Waals surface area contributed by atoms with E-state index < -0.39 is 0 Å². The summed E-state index contributed by atoms with van der Waals surface area (Å²) in [6, 6.07) is 16.7. The fraction of sp³-hybridized carbons (Fsp3) is 0.381. The first-order valence-corrected chi connectivity index (χ1v) is 9.03. The van der Waals surface area contributed by atoms with Gasteiger partial charge in [-0.05, 0) is 48.7 Å². The van der Waals surface area contributed by atoms with Crippen LogP contribution in [0, 0.1) is 0 Å². The van der Waals surface area contributed by atoms with Crippen molar-refractivity contribution in [1.29, 1.82) is 0 Å². The summed E-state index contributed by atoms with van der Waals surface area (Å²) >= 11 is 0. The number of nitrogens with zero attached hydrogens (tertiary/aromatic N) is 2. The van der Waals surface area contributed by atoms with Crippen molar-refractivity contribution in [3.8, 4) is 5.75 Å². The van der Waals surface area contributed by atoms with Gasteiger partial charge in [-0.1, -0.05) is 24.3 Å². The van der Waals surface area contributed by atoms with Gasteiger partial charge >= 0.3 is 0 Å². The summed E-state index contributed by atoms with van der Waals surface area (Å²) in [5.74, 6) is 1.70. The van der Waals surface area contributed by atoms with E-state index in [1.807, 2.05) is 24.3 Å². The molecule has 148 valence electrons. The molecule has 0 saturated carbocycles. The normalized spacial score (nSPS) is 10.7. The molecule has 0 radical (unpaired) electrons. The molecule has 5 nitrogen and oxygen atoms in total. The van der Waals surface area contributed by atoms with Crippen LogP contribution in [0.4, 0.5) is 5.69 Å². The highest BCUT2D eigenvalue weighted by Gasteiger charge is 2.00. The highest BCUT2D eigenvalue weighted by atomic mass is 127. The summed E-state index contributed by atoms with van der Waals surface area (Å²) in [7, 11) is 5.78. The van der Waals surface area contributed by atoms with Crippen LogP contribution in [-0.2, 0) is 13.0 Å². The molecule has 0 amide bonds. The maximum absolute atomic E-state index is 5.19. The fourth-order valence-corrected chi connectivity index (χ4v) is 2.53. The monoisotopic (exact) mass is 482 g/mol. The Morgan fingerprint density at radius 3 is 2.15 bits per heavy atom. The number of aliphatic imine (C=N–C) groups is 1. The minimum atomic E-state index is 0. The topological polar surface area (TPSA) is 48.9 Å². The van der Waals surface area contributed by atoms with Gasteiger partial charge in [-0.25, -0.2) is 4.99 Å². The molecule has 27 heavy (non-hydrogen) atoms. The first-order chi connectivity index (χ1) is 12.6. The zero-order valence-electron chi connectivity index (χ0n) is 16.7. The van der Waals surface area contributed by atoms with E-state index >= 15 is 0 Å². The Morgan fingerprint density at radius 2 is 1.59 bits per heavy atom. The molecular weight excluding hydrogens is 451 g/mol. The van der Waals surface area contributed by atoms with Gasteiger partial charge < -0.3 is 20.3 Å². The predicted molar refractivity (Wildman–Crippen MR) is 126 cm³/mol. The van der Waals surface area contributed by atoms with Gasteiger partial charge in [0.1, 0.15) is 5.75 Å². The van der Waals surface area contributed by atoms with E-state index in [1.54, 1.807) is 7.11 Å². The van der Waals surface area contributed by atoms with Crippen LogP contribution in [0.15, 0.2) is 53.5 Å². The van der Waals surface area contributed by atoms with Gasteiger partial charge in [0, 0.05) is 32.9 Å². The molecule has 2 N–H and O–H groups in total. The molecule has 0 aliphatic rings. The summed E-state index contributed by atoms with van der Waals surface area (Å²) in [4.78, 5) is 6.76. The van der Waals surface area contributed by atoms with Gasteiger partial charge in [0.15, 0.2) is 5.96 Å². The highest BCUT2D eigenvalue weighted by molar-refractivity contribution is 14.0. The van der Waals surface area contributed by atoms with Crippen LogP contribution in [0.1, 0.15) is 18.1 Å². The second kappa shape index (κ2) is 12.4. The Hall–Kier alpha value is -1.96. The second-order valence-electron chi connectivity index (χ2n) is 6.28. The van der Waals surface area contributed by atoms with Crippen molar-refractivity contribution >= 4 is 35.6 Å². The van der Waals surface area contributed by atoms with Crippen molar-refractivity contribution in [3.63, 3.8) is 0 Å². The van der Waals surface area contributed by atoms with E-state index in [0.717, 1.165) is 36.8 Å². The Morgan fingerprint density at radius 1 is 0.963 bits per heavy atom. The van der Waals surface area contributed by atoms with Gasteiger partial charge in [-0.2, -0.15) is 0 Å². The Bertz CT molecular complexity index is 684. The van der Waals surface area contributed by atoms with Crippen molar-refractivity contribution in [2.24, 2.45) is 4.99 Å². The number of halogens is 1. The van der Waals surface area contributed by atoms with Crippen molar-refractivity contribution in [2.75, 3.05) is 39.2 Å². The molecule has 0 unspecified atom stereocenters. The van der Waals surface area contributed by atoms with Crippen molar-refractivity contribution in [3.05, 3.63) is 59.7 Å². The number of guanidine groups is 1. The zero-order valence-corrected chi connectivity index (χ0v) is 19.0. The van der Waals surface area contributed by atoms with E-state index in [2.05, 4.69) is 65.8 Å². The summed E-state index contributed by atoms with van der Waals surface area (Å²) < 4.78 is 5.19. The lowest BCUT2D eigenvalue weighted by Gasteiger charge is -2.14. The molecule has 2 aromatic carbocycles. The van der Waals surface area contributed by atoms with Crippen LogP contribution in [-0.4, -0.2) is 40.3 Å². The standard InChI is InChI=1S/C21H30N4O.HI/c1-5-22-21(24-16-18-8-12-20(26-4)13-9-18)23-15-14-17-6-10-19(11-7-17)25(2)3;/h6-13H,5,14-16H2,1-4H3,(H2,22,23,24);1H. The average Bonchev–Trinajstić information content (AvgIpc) is 2.67. The Kier molecular flexibility index (Phi) is 10.6. The molecule has 0 aliphatic heterocycles. The molecular formula is C21H31IN4O. The summed E-state index contributed by atoms with van der Waals surface area (Å²) in [6.45, 7) is 4.39. The van der Waals surface area contributed by atoms with E-state index in [1.165, 1.54) is 11.3 Å². The van der Waals surface area contributed by atoms with Gasteiger partial charge in [0.25, 0.3) is 0 Å². The van der Waals surface area contributed by atoms with Gasteiger partial charge in [-0.3, -0.25) is 0 Å². The molecule has 0 aliphatic carbocycles. The molecule has 0 spiro atoms. The van der Waals surface area contributed by atoms with Gasteiger partial charge in [0.2, 0.25) is 0 Å².